The van der Waals surface area contributed by atoms with Crippen LogP contribution in [0.25, 0.3) is 0 Å². The van der Waals surface area contributed by atoms with E-state index in [0.29, 0.717) is 18.0 Å². The number of rotatable bonds is 4. The van der Waals surface area contributed by atoms with Crippen molar-refractivity contribution in [3.8, 4) is 0 Å². The van der Waals surface area contributed by atoms with Gasteiger partial charge in [-0.25, -0.2) is 4.79 Å². The lowest BCUT2D eigenvalue weighted by molar-refractivity contribution is 0.165. The maximum absolute atomic E-state index is 11.4. The molecule has 4 nitrogen and oxygen atoms in total. The number of piperidine rings is 1. The van der Waals surface area contributed by atoms with Crippen LogP contribution in [0.4, 0.5) is 4.79 Å². The van der Waals surface area contributed by atoms with Gasteiger partial charge >= 0.3 is 6.03 Å². The van der Waals surface area contributed by atoms with Gasteiger partial charge in [0.05, 0.1) is 0 Å². The number of carbonyl (C=O) groups excluding carboxylic acids is 1. The van der Waals surface area contributed by atoms with Gasteiger partial charge in [0, 0.05) is 25.2 Å². The predicted octanol–water partition coefficient (Wildman–Crippen LogP) is 4.00. The molecule has 0 spiro atoms. The topological polar surface area (TPSA) is 58.4 Å². The van der Waals surface area contributed by atoms with Crippen molar-refractivity contribution in [3.05, 3.63) is 35.4 Å². The second-order valence-electron chi connectivity index (χ2n) is 8.13. The Bertz CT molecular complexity index is 580. The molecule has 0 aromatic heterocycles. The molecule has 1 aliphatic carbocycles. The Morgan fingerprint density at radius 2 is 1.92 bits per heavy atom. The number of aryl methyl sites for hydroxylation is 1. The molecular formula is C21H33N3O. The van der Waals surface area contributed by atoms with Gasteiger partial charge in [0.15, 0.2) is 0 Å². The van der Waals surface area contributed by atoms with Crippen molar-refractivity contribution in [2.45, 2.75) is 64.5 Å². The Morgan fingerprint density at radius 1 is 1.20 bits per heavy atom. The molecule has 1 aliphatic heterocycles. The molecule has 1 heterocycles. The van der Waals surface area contributed by atoms with E-state index in [1.54, 1.807) is 4.90 Å². The molecule has 3 atom stereocenters. The number of nitrogens with zero attached hydrogens (tertiary/aromatic N) is 1. The zero-order valence-corrected chi connectivity index (χ0v) is 15.7. The van der Waals surface area contributed by atoms with E-state index < -0.39 is 0 Å². The molecule has 138 valence electrons. The Labute approximate surface area is 152 Å². The largest absolute Gasteiger partial charge is 0.351 e. The first-order valence-corrected chi connectivity index (χ1v) is 9.90. The van der Waals surface area contributed by atoms with Crippen LogP contribution in [0.15, 0.2) is 24.3 Å². The molecule has 25 heavy (non-hydrogen) atoms. The normalized spacial score (nSPS) is 26.4. The lowest BCUT2D eigenvalue weighted by atomic mass is 9.75. The van der Waals surface area contributed by atoms with E-state index in [0.717, 1.165) is 31.8 Å². The van der Waals surface area contributed by atoms with Gasteiger partial charge in [-0.1, -0.05) is 44.0 Å². The fraction of sp³-hybridized carbons (Fsp3) is 0.667. The molecule has 1 aromatic rings. The number of likely N-dealkylation sites (tertiary alicyclic amines) is 1. The molecule has 1 aromatic carbocycles. The smallest absolute Gasteiger partial charge is 0.314 e. The highest BCUT2D eigenvalue weighted by molar-refractivity contribution is 5.72. The van der Waals surface area contributed by atoms with Crippen LogP contribution in [-0.4, -0.2) is 30.1 Å². The third-order valence-corrected chi connectivity index (χ3v) is 6.19. The number of urea groups is 1. The second kappa shape index (κ2) is 8.22. The fourth-order valence-corrected chi connectivity index (χ4v) is 4.72. The van der Waals surface area contributed by atoms with E-state index in [1.807, 2.05) is 0 Å². The summed E-state index contributed by atoms with van der Waals surface area (Å²) in [5, 5.41) is 3.98. The lowest BCUT2D eigenvalue weighted by Crippen LogP contribution is -2.48. The number of carbonyl (C=O) groups is 1. The van der Waals surface area contributed by atoms with Gasteiger partial charge in [-0.15, -0.1) is 0 Å². The minimum atomic E-state index is -0.282. The summed E-state index contributed by atoms with van der Waals surface area (Å²) >= 11 is 0. The van der Waals surface area contributed by atoms with Crippen molar-refractivity contribution in [3.63, 3.8) is 0 Å². The third-order valence-electron chi connectivity index (χ3n) is 6.19. The van der Waals surface area contributed by atoms with Crippen molar-refractivity contribution in [1.82, 2.24) is 10.2 Å². The standard InChI is InChI=1S/C21H33N3O/c1-15-6-5-8-17(14-15)20(19-9-4-3-7-16(19)2)23-18-10-12-24(13-11-18)21(22)25/h3-4,7,9,15,17-18,20,23H,5-6,8,10-14H2,1-2H3,(H2,22,25). The highest BCUT2D eigenvalue weighted by Crippen LogP contribution is 2.38. The molecule has 2 amide bonds. The predicted molar refractivity (Wildman–Crippen MR) is 102 cm³/mol. The van der Waals surface area contributed by atoms with Crippen molar-refractivity contribution in [1.29, 1.82) is 0 Å². The van der Waals surface area contributed by atoms with Crippen LogP contribution >= 0.6 is 0 Å². The Balaban J connectivity index is 1.73. The maximum Gasteiger partial charge on any atom is 0.314 e. The first-order chi connectivity index (χ1) is 12.0. The van der Waals surface area contributed by atoms with Crippen LogP contribution in [0.3, 0.4) is 0 Å². The zero-order chi connectivity index (χ0) is 17.8. The van der Waals surface area contributed by atoms with Gasteiger partial charge in [0.1, 0.15) is 0 Å². The molecule has 3 N–H and O–H groups in total. The van der Waals surface area contributed by atoms with E-state index in [4.69, 9.17) is 5.73 Å². The van der Waals surface area contributed by atoms with Crippen LogP contribution in [0, 0.1) is 18.8 Å². The van der Waals surface area contributed by atoms with Crippen LogP contribution in [0.1, 0.15) is 62.6 Å². The number of nitrogens with one attached hydrogen (secondary N) is 1. The Hall–Kier alpha value is -1.55. The van der Waals surface area contributed by atoms with Gasteiger partial charge in [-0.3, -0.25) is 0 Å². The van der Waals surface area contributed by atoms with Gasteiger partial charge in [-0.2, -0.15) is 0 Å². The van der Waals surface area contributed by atoms with Crippen LogP contribution in [-0.2, 0) is 0 Å². The van der Waals surface area contributed by atoms with Gasteiger partial charge < -0.3 is 16.0 Å². The maximum atomic E-state index is 11.4. The van der Waals surface area contributed by atoms with Crippen molar-refractivity contribution < 1.29 is 4.79 Å². The number of amides is 2. The molecule has 1 saturated carbocycles. The highest BCUT2D eigenvalue weighted by Gasteiger charge is 2.31. The van der Waals surface area contributed by atoms with Crippen LogP contribution < -0.4 is 11.1 Å². The second-order valence-corrected chi connectivity index (χ2v) is 8.13. The molecular weight excluding hydrogens is 310 g/mol. The van der Waals surface area contributed by atoms with Crippen molar-refractivity contribution >= 4 is 6.03 Å². The number of hydrogen-bond donors (Lipinski definition) is 2. The van der Waals surface area contributed by atoms with Gasteiger partial charge in [0.25, 0.3) is 0 Å². The fourth-order valence-electron chi connectivity index (χ4n) is 4.72. The summed E-state index contributed by atoms with van der Waals surface area (Å²) in [6, 6.07) is 9.43. The molecule has 3 rings (SSSR count). The zero-order valence-electron chi connectivity index (χ0n) is 15.7. The minimum Gasteiger partial charge on any atom is -0.351 e. The minimum absolute atomic E-state index is 0.282. The summed E-state index contributed by atoms with van der Waals surface area (Å²) < 4.78 is 0. The first kappa shape index (κ1) is 18.2. The third kappa shape index (κ3) is 4.55. The SMILES string of the molecule is Cc1ccccc1C(NC1CCN(C(N)=O)CC1)C1CCCC(C)C1. The van der Waals surface area contributed by atoms with E-state index in [-0.39, 0.29) is 6.03 Å². The van der Waals surface area contributed by atoms with E-state index in [9.17, 15) is 4.79 Å². The highest BCUT2D eigenvalue weighted by atomic mass is 16.2. The summed E-state index contributed by atoms with van der Waals surface area (Å²) in [5.74, 6) is 1.53. The number of primary amides is 1. The molecule has 3 unspecified atom stereocenters. The molecule has 2 aliphatic rings. The van der Waals surface area contributed by atoms with Gasteiger partial charge in [-0.05, 0) is 55.6 Å². The van der Waals surface area contributed by atoms with Crippen LogP contribution in [0.5, 0.6) is 0 Å². The Kier molecular flexibility index (Phi) is 6.00. The summed E-state index contributed by atoms with van der Waals surface area (Å²) in [7, 11) is 0. The first-order valence-electron chi connectivity index (χ1n) is 9.90. The van der Waals surface area contributed by atoms with Gasteiger partial charge in [0.2, 0.25) is 0 Å². The molecule has 1 saturated heterocycles. The molecule has 4 heteroatoms. The summed E-state index contributed by atoms with van der Waals surface area (Å²) in [4.78, 5) is 13.1. The average Bonchev–Trinajstić information content (AvgIpc) is 2.61. The monoisotopic (exact) mass is 343 g/mol. The summed E-state index contributed by atoms with van der Waals surface area (Å²) in [6.07, 6.45) is 7.33. The van der Waals surface area contributed by atoms with Crippen molar-refractivity contribution in [2.75, 3.05) is 13.1 Å². The van der Waals surface area contributed by atoms with E-state index in [2.05, 4.69) is 43.4 Å². The number of benzene rings is 1. The van der Waals surface area contributed by atoms with E-state index >= 15 is 0 Å². The average molecular weight is 344 g/mol. The van der Waals surface area contributed by atoms with E-state index in [1.165, 1.54) is 36.8 Å². The number of nitrogens with two attached hydrogens (primary N) is 1. The quantitative estimate of drug-likeness (QED) is 0.868. The summed E-state index contributed by atoms with van der Waals surface area (Å²) in [6.45, 7) is 6.17. The molecule has 0 radical (unpaired) electrons. The Morgan fingerprint density at radius 3 is 2.56 bits per heavy atom. The number of hydrogen-bond acceptors (Lipinski definition) is 2. The summed E-state index contributed by atoms with van der Waals surface area (Å²) in [5.41, 5.74) is 8.26. The van der Waals surface area contributed by atoms with Crippen LogP contribution in [0.2, 0.25) is 0 Å². The molecule has 2 fully saturated rings. The lowest BCUT2D eigenvalue weighted by Gasteiger charge is -2.39. The van der Waals surface area contributed by atoms with Crippen molar-refractivity contribution in [2.24, 2.45) is 17.6 Å². The molecule has 0 bridgehead atoms.